The minimum atomic E-state index is -3.89. The number of rotatable bonds is 7. The first-order chi connectivity index (χ1) is 9.79. The fourth-order valence-electron chi connectivity index (χ4n) is 1.52. The number of aliphatic hydroxyl groups excluding tert-OH is 1. The average Bonchev–Trinajstić information content (AvgIpc) is 2.44. The molecule has 0 aliphatic rings. The summed E-state index contributed by atoms with van der Waals surface area (Å²) in [6.45, 7) is -0.732. The molecule has 0 amide bonds. The van der Waals surface area contributed by atoms with Crippen molar-refractivity contribution < 1.29 is 33.0 Å². The number of esters is 1. The van der Waals surface area contributed by atoms with Crippen molar-refractivity contribution in [3.63, 3.8) is 0 Å². The molecule has 21 heavy (non-hydrogen) atoms. The number of hydrogen-bond donors (Lipinski definition) is 3. The van der Waals surface area contributed by atoms with Crippen LogP contribution in [0.1, 0.15) is 15.9 Å². The van der Waals surface area contributed by atoms with Crippen molar-refractivity contribution in [1.29, 1.82) is 0 Å². The van der Waals surface area contributed by atoms with E-state index in [9.17, 15) is 18.0 Å². The Morgan fingerprint density at radius 2 is 1.86 bits per heavy atom. The van der Waals surface area contributed by atoms with Gasteiger partial charge in [-0.05, 0) is 17.7 Å². The van der Waals surface area contributed by atoms with Crippen LogP contribution in [-0.2, 0) is 25.3 Å². The molecule has 116 valence electrons. The molecule has 0 aromatic heterocycles. The first-order valence-electron chi connectivity index (χ1n) is 5.80. The van der Waals surface area contributed by atoms with Gasteiger partial charge in [-0.3, -0.25) is 4.79 Å². The highest BCUT2D eigenvalue weighted by Gasteiger charge is 2.24. The van der Waals surface area contributed by atoms with Crippen LogP contribution in [-0.4, -0.2) is 50.3 Å². The first-order valence-corrected chi connectivity index (χ1v) is 7.45. The van der Waals surface area contributed by atoms with Gasteiger partial charge in [0.1, 0.15) is 6.04 Å². The molecule has 0 bridgehead atoms. The zero-order chi connectivity index (χ0) is 16.0. The van der Waals surface area contributed by atoms with Gasteiger partial charge in [-0.2, -0.15) is 4.72 Å². The lowest BCUT2D eigenvalue weighted by atomic mass is 10.1. The Kier molecular flexibility index (Phi) is 5.82. The molecule has 0 fully saturated rings. The molecule has 0 heterocycles. The van der Waals surface area contributed by atoms with E-state index in [1.54, 1.807) is 0 Å². The molecular formula is C12H15NO7S. The van der Waals surface area contributed by atoms with E-state index in [2.05, 4.69) is 4.74 Å². The van der Waals surface area contributed by atoms with Crippen LogP contribution in [0.3, 0.4) is 0 Å². The summed E-state index contributed by atoms with van der Waals surface area (Å²) >= 11 is 0. The van der Waals surface area contributed by atoms with Crippen LogP contribution < -0.4 is 4.72 Å². The van der Waals surface area contributed by atoms with Crippen molar-refractivity contribution in [3.8, 4) is 0 Å². The third-order valence-electron chi connectivity index (χ3n) is 2.55. The molecule has 0 radical (unpaired) electrons. The smallest absolute Gasteiger partial charge is 0.335 e. The van der Waals surface area contributed by atoms with Crippen LogP contribution in [0.15, 0.2) is 24.3 Å². The highest BCUT2D eigenvalue weighted by molar-refractivity contribution is 7.88. The molecule has 0 spiro atoms. The fourth-order valence-corrected chi connectivity index (χ4v) is 2.84. The lowest BCUT2D eigenvalue weighted by Crippen LogP contribution is -2.44. The van der Waals surface area contributed by atoms with E-state index in [4.69, 9.17) is 10.2 Å². The summed E-state index contributed by atoms with van der Waals surface area (Å²) in [5, 5.41) is 17.7. The number of aromatic carboxylic acids is 1. The summed E-state index contributed by atoms with van der Waals surface area (Å²) in [6.07, 6.45) is 0. The van der Waals surface area contributed by atoms with Gasteiger partial charge < -0.3 is 14.9 Å². The maximum atomic E-state index is 11.9. The van der Waals surface area contributed by atoms with E-state index in [1.807, 2.05) is 4.72 Å². The highest BCUT2D eigenvalue weighted by atomic mass is 32.2. The van der Waals surface area contributed by atoms with Gasteiger partial charge in [0, 0.05) is 0 Å². The molecule has 0 aliphatic heterocycles. The first kappa shape index (κ1) is 17.1. The number of nitrogens with one attached hydrogen (secondary N) is 1. The van der Waals surface area contributed by atoms with Crippen molar-refractivity contribution in [2.75, 3.05) is 13.7 Å². The van der Waals surface area contributed by atoms with Crippen LogP contribution in [0.5, 0.6) is 0 Å². The quantitative estimate of drug-likeness (QED) is 0.569. The highest BCUT2D eigenvalue weighted by Crippen LogP contribution is 2.08. The van der Waals surface area contributed by atoms with Crippen LogP contribution in [0.25, 0.3) is 0 Å². The largest absolute Gasteiger partial charge is 0.478 e. The standard InChI is InChI=1S/C12H15NO7S/c1-20-12(17)10(6-14)13-21(18,19)7-8-2-4-9(5-3-8)11(15)16/h2-5,10,13-14H,6-7H2,1H3,(H,15,16). The van der Waals surface area contributed by atoms with E-state index in [0.29, 0.717) is 5.56 Å². The maximum Gasteiger partial charge on any atom is 0.335 e. The number of carboxylic acid groups (broad SMARTS) is 1. The molecule has 0 saturated heterocycles. The lowest BCUT2D eigenvalue weighted by Gasteiger charge is -2.14. The SMILES string of the molecule is COC(=O)C(CO)NS(=O)(=O)Cc1ccc(C(=O)O)cc1. The molecule has 0 aliphatic carbocycles. The predicted octanol–water partition coefficient (Wildman–Crippen LogP) is -0.662. The number of methoxy groups -OCH3 is 1. The summed E-state index contributed by atoms with van der Waals surface area (Å²) < 4.78 is 30.1. The number of benzene rings is 1. The topological polar surface area (TPSA) is 130 Å². The van der Waals surface area contributed by atoms with E-state index in [1.165, 1.54) is 24.3 Å². The zero-order valence-corrected chi connectivity index (χ0v) is 12.0. The van der Waals surface area contributed by atoms with Crippen LogP contribution in [0.2, 0.25) is 0 Å². The lowest BCUT2D eigenvalue weighted by molar-refractivity contribution is -0.143. The monoisotopic (exact) mass is 317 g/mol. The number of sulfonamides is 1. The van der Waals surface area contributed by atoms with Crippen molar-refractivity contribution in [2.45, 2.75) is 11.8 Å². The number of ether oxygens (including phenoxy) is 1. The predicted molar refractivity (Wildman–Crippen MR) is 72.1 cm³/mol. The van der Waals surface area contributed by atoms with Gasteiger partial charge in [-0.25, -0.2) is 13.2 Å². The Bertz CT molecular complexity index is 609. The average molecular weight is 317 g/mol. The van der Waals surface area contributed by atoms with Crippen molar-refractivity contribution >= 4 is 22.0 Å². The third kappa shape index (κ3) is 5.14. The second-order valence-corrected chi connectivity index (χ2v) is 5.89. The van der Waals surface area contributed by atoms with Gasteiger partial charge in [0.2, 0.25) is 10.0 Å². The van der Waals surface area contributed by atoms with Gasteiger partial charge in [0.25, 0.3) is 0 Å². The molecule has 1 unspecified atom stereocenters. The molecule has 1 aromatic carbocycles. The number of carboxylic acids is 1. The summed E-state index contributed by atoms with van der Waals surface area (Å²) in [5.41, 5.74) is 0.376. The van der Waals surface area contributed by atoms with E-state index >= 15 is 0 Å². The molecule has 1 atom stereocenters. The van der Waals surface area contributed by atoms with E-state index in [-0.39, 0.29) is 5.56 Å². The Labute approximate surface area is 121 Å². The van der Waals surface area contributed by atoms with Gasteiger partial charge in [-0.15, -0.1) is 0 Å². The van der Waals surface area contributed by atoms with Gasteiger partial charge >= 0.3 is 11.9 Å². The van der Waals surface area contributed by atoms with Crippen LogP contribution in [0.4, 0.5) is 0 Å². The summed E-state index contributed by atoms with van der Waals surface area (Å²) in [6, 6.07) is 3.88. The second-order valence-electron chi connectivity index (χ2n) is 4.14. The Balaban J connectivity index is 2.80. The molecule has 3 N–H and O–H groups in total. The molecule has 1 aromatic rings. The minimum absolute atomic E-state index is 0.0342. The number of carbonyl (C=O) groups excluding carboxylic acids is 1. The van der Waals surface area contributed by atoms with Gasteiger partial charge in [0.15, 0.2) is 0 Å². The van der Waals surface area contributed by atoms with Crippen molar-refractivity contribution in [1.82, 2.24) is 4.72 Å². The van der Waals surface area contributed by atoms with Crippen LogP contribution in [0, 0.1) is 0 Å². The number of hydrogen-bond acceptors (Lipinski definition) is 6. The van der Waals surface area contributed by atoms with Gasteiger partial charge in [0.05, 0.1) is 25.0 Å². The zero-order valence-electron chi connectivity index (χ0n) is 11.1. The fraction of sp³-hybridized carbons (Fsp3) is 0.333. The molecule has 1 rings (SSSR count). The van der Waals surface area contributed by atoms with Gasteiger partial charge in [-0.1, -0.05) is 12.1 Å². The Morgan fingerprint density at radius 3 is 2.29 bits per heavy atom. The number of carbonyl (C=O) groups is 2. The molecule has 0 saturated carbocycles. The summed E-state index contributed by atoms with van der Waals surface area (Å²) in [4.78, 5) is 21.9. The van der Waals surface area contributed by atoms with E-state index < -0.39 is 40.4 Å². The Morgan fingerprint density at radius 1 is 1.29 bits per heavy atom. The van der Waals surface area contributed by atoms with Crippen LogP contribution >= 0.6 is 0 Å². The minimum Gasteiger partial charge on any atom is -0.478 e. The molecular weight excluding hydrogens is 302 g/mol. The molecule has 9 heteroatoms. The normalized spacial score (nSPS) is 12.7. The molecule has 8 nitrogen and oxygen atoms in total. The maximum absolute atomic E-state index is 11.9. The second kappa shape index (κ2) is 7.16. The summed E-state index contributed by atoms with van der Waals surface area (Å²) in [5.74, 6) is -2.48. The van der Waals surface area contributed by atoms with Crippen molar-refractivity contribution in [2.24, 2.45) is 0 Å². The Hall–Kier alpha value is -1.97. The third-order valence-corrected chi connectivity index (χ3v) is 3.90. The number of aliphatic hydroxyl groups is 1. The van der Waals surface area contributed by atoms with Crippen molar-refractivity contribution in [3.05, 3.63) is 35.4 Å². The van der Waals surface area contributed by atoms with E-state index in [0.717, 1.165) is 7.11 Å². The summed E-state index contributed by atoms with van der Waals surface area (Å²) in [7, 11) is -2.82.